The van der Waals surface area contributed by atoms with Crippen LogP contribution in [0.5, 0.6) is 0 Å². The van der Waals surface area contributed by atoms with Crippen molar-refractivity contribution in [3.8, 4) is 0 Å². The summed E-state index contributed by atoms with van der Waals surface area (Å²) in [5.74, 6) is -2.38. The molecule has 1 atom stereocenters. The third-order valence-corrected chi connectivity index (χ3v) is 3.05. The summed E-state index contributed by atoms with van der Waals surface area (Å²) in [6.45, 7) is 1.48. The number of hydrogen-bond donors (Lipinski definition) is 2. The number of rotatable bonds is 3. The molecule has 0 aliphatic heterocycles. The highest BCUT2D eigenvalue weighted by Gasteiger charge is 2.31. The average Bonchev–Trinajstić information content (AvgIpc) is 2.43. The van der Waals surface area contributed by atoms with E-state index in [2.05, 4.69) is 5.32 Å². The molecule has 104 valence electrons. The van der Waals surface area contributed by atoms with Gasteiger partial charge in [-0.15, -0.1) is 0 Å². The van der Waals surface area contributed by atoms with Crippen LogP contribution in [0.3, 0.4) is 0 Å². The Bertz CT molecular complexity index is 607. The highest BCUT2D eigenvalue weighted by Crippen LogP contribution is 2.23. The number of carbonyl (C=O) groups excluding carboxylic acids is 1. The van der Waals surface area contributed by atoms with Gasteiger partial charge in [0.1, 0.15) is 22.9 Å². The number of benzene rings is 2. The van der Waals surface area contributed by atoms with Gasteiger partial charge >= 0.3 is 0 Å². The molecule has 0 aliphatic rings. The second kappa shape index (κ2) is 5.38. The molecule has 5 heteroatoms. The molecule has 2 aromatic carbocycles. The molecule has 3 nitrogen and oxygen atoms in total. The van der Waals surface area contributed by atoms with Crippen molar-refractivity contribution in [3.63, 3.8) is 0 Å². The molecule has 0 aliphatic carbocycles. The third kappa shape index (κ3) is 2.67. The van der Waals surface area contributed by atoms with E-state index in [1.54, 1.807) is 30.3 Å². The van der Waals surface area contributed by atoms with E-state index in [-0.39, 0.29) is 0 Å². The van der Waals surface area contributed by atoms with Crippen LogP contribution in [-0.2, 0) is 10.3 Å². The number of para-hydroxylation sites is 1. The SMILES string of the molecule is CC(N)(C(=O)Nc1c(F)cccc1F)c1ccccc1. The maximum atomic E-state index is 13.5. The first-order chi connectivity index (χ1) is 9.43. The molecule has 0 radical (unpaired) electrons. The van der Waals surface area contributed by atoms with E-state index in [1.165, 1.54) is 13.0 Å². The van der Waals surface area contributed by atoms with Gasteiger partial charge in [0.15, 0.2) is 0 Å². The Hall–Kier alpha value is -2.27. The number of hydrogen-bond acceptors (Lipinski definition) is 2. The van der Waals surface area contributed by atoms with Crippen LogP contribution in [0.1, 0.15) is 12.5 Å². The van der Waals surface area contributed by atoms with Crippen molar-refractivity contribution >= 4 is 11.6 Å². The Balaban J connectivity index is 2.28. The number of anilines is 1. The lowest BCUT2D eigenvalue weighted by molar-refractivity contribution is -0.120. The Morgan fingerprint density at radius 3 is 2.15 bits per heavy atom. The van der Waals surface area contributed by atoms with Crippen molar-refractivity contribution in [2.45, 2.75) is 12.5 Å². The lowest BCUT2D eigenvalue weighted by Gasteiger charge is -2.24. The van der Waals surface area contributed by atoms with Gasteiger partial charge in [0.05, 0.1) is 0 Å². The van der Waals surface area contributed by atoms with Crippen LogP contribution in [-0.4, -0.2) is 5.91 Å². The predicted octanol–water partition coefficient (Wildman–Crippen LogP) is 2.78. The molecule has 0 aromatic heterocycles. The Labute approximate surface area is 115 Å². The van der Waals surface area contributed by atoms with Crippen molar-refractivity contribution in [2.75, 3.05) is 5.32 Å². The third-order valence-electron chi connectivity index (χ3n) is 3.05. The lowest BCUT2D eigenvalue weighted by atomic mass is 9.92. The molecule has 0 saturated carbocycles. The molecule has 3 N–H and O–H groups in total. The average molecular weight is 276 g/mol. The Morgan fingerprint density at radius 2 is 1.60 bits per heavy atom. The summed E-state index contributed by atoms with van der Waals surface area (Å²) in [4.78, 5) is 12.2. The number of nitrogens with one attached hydrogen (secondary N) is 1. The van der Waals surface area contributed by atoms with Crippen molar-refractivity contribution in [3.05, 3.63) is 65.7 Å². The molecule has 0 spiro atoms. The lowest BCUT2D eigenvalue weighted by Crippen LogP contribution is -2.45. The molecule has 0 saturated heterocycles. The molecule has 0 fully saturated rings. The number of halogens is 2. The summed E-state index contributed by atoms with van der Waals surface area (Å²) in [7, 11) is 0. The standard InChI is InChI=1S/C15H14F2N2O/c1-15(18,10-6-3-2-4-7-10)14(20)19-13-11(16)8-5-9-12(13)17/h2-9H,18H2,1H3,(H,19,20). The summed E-state index contributed by atoms with van der Waals surface area (Å²) >= 11 is 0. The van der Waals surface area contributed by atoms with E-state index < -0.39 is 28.8 Å². The van der Waals surface area contributed by atoms with Gasteiger partial charge in [-0.25, -0.2) is 8.78 Å². The van der Waals surface area contributed by atoms with Crippen LogP contribution < -0.4 is 11.1 Å². The number of carbonyl (C=O) groups is 1. The van der Waals surface area contributed by atoms with Gasteiger partial charge in [-0.1, -0.05) is 36.4 Å². The molecule has 0 heterocycles. The van der Waals surface area contributed by atoms with Crippen molar-refractivity contribution in [1.29, 1.82) is 0 Å². The minimum absolute atomic E-state index is 0.495. The van der Waals surface area contributed by atoms with E-state index in [4.69, 9.17) is 5.73 Å². The van der Waals surface area contributed by atoms with Gasteiger partial charge in [-0.2, -0.15) is 0 Å². The molecule has 2 aromatic rings. The van der Waals surface area contributed by atoms with E-state index in [1.807, 2.05) is 0 Å². The fraction of sp³-hybridized carbons (Fsp3) is 0.133. The predicted molar refractivity (Wildman–Crippen MR) is 73.0 cm³/mol. The topological polar surface area (TPSA) is 55.1 Å². The summed E-state index contributed by atoms with van der Waals surface area (Å²) in [6.07, 6.45) is 0. The van der Waals surface area contributed by atoms with Gasteiger partial charge in [-0.05, 0) is 24.6 Å². The van der Waals surface area contributed by atoms with Gasteiger partial charge in [0.2, 0.25) is 5.91 Å². The minimum Gasteiger partial charge on any atom is -0.319 e. The monoisotopic (exact) mass is 276 g/mol. The molecule has 2 rings (SSSR count). The molecule has 1 amide bonds. The van der Waals surface area contributed by atoms with Gasteiger partial charge < -0.3 is 11.1 Å². The maximum Gasteiger partial charge on any atom is 0.248 e. The summed E-state index contributed by atoms with van der Waals surface area (Å²) in [5, 5.41) is 2.20. The fourth-order valence-corrected chi connectivity index (χ4v) is 1.78. The van der Waals surface area contributed by atoms with Gasteiger partial charge in [0, 0.05) is 0 Å². The first-order valence-corrected chi connectivity index (χ1v) is 6.03. The second-order valence-corrected chi connectivity index (χ2v) is 4.62. The molecule has 20 heavy (non-hydrogen) atoms. The molecular formula is C15H14F2N2O. The van der Waals surface area contributed by atoms with Crippen LogP contribution in [0, 0.1) is 11.6 Å². The van der Waals surface area contributed by atoms with Gasteiger partial charge in [0.25, 0.3) is 0 Å². The second-order valence-electron chi connectivity index (χ2n) is 4.62. The van der Waals surface area contributed by atoms with Crippen molar-refractivity contribution in [1.82, 2.24) is 0 Å². The van der Waals surface area contributed by atoms with Crippen molar-refractivity contribution < 1.29 is 13.6 Å². The van der Waals surface area contributed by atoms with E-state index in [9.17, 15) is 13.6 Å². The van der Waals surface area contributed by atoms with Gasteiger partial charge in [-0.3, -0.25) is 4.79 Å². The number of amides is 1. The minimum atomic E-state index is -1.39. The fourth-order valence-electron chi connectivity index (χ4n) is 1.78. The van der Waals surface area contributed by atoms with E-state index >= 15 is 0 Å². The highest BCUT2D eigenvalue weighted by molar-refractivity contribution is 5.98. The van der Waals surface area contributed by atoms with Crippen molar-refractivity contribution in [2.24, 2.45) is 5.73 Å². The van der Waals surface area contributed by atoms with Crippen LogP contribution in [0.25, 0.3) is 0 Å². The van der Waals surface area contributed by atoms with Crippen LogP contribution in [0.2, 0.25) is 0 Å². The largest absolute Gasteiger partial charge is 0.319 e. The molecule has 0 bridgehead atoms. The van der Waals surface area contributed by atoms with Crippen LogP contribution in [0.4, 0.5) is 14.5 Å². The summed E-state index contributed by atoms with van der Waals surface area (Å²) in [6, 6.07) is 12.0. The van der Waals surface area contributed by atoms with Crippen LogP contribution >= 0.6 is 0 Å². The smallest absolute Gasteiger partial charge is 0.248 e. The summed E-state index contributed by atoms with van der Waals surface area (Å²) < 4.78 is 27.0. The Kier molecular flexibility index (Phi) is 3.81. The normalized spacial score (nSPS) is 13.6. The van der Waals surface area contributed by atoms with Crippen LogP contribution in [0.15, 0.2) is 48.5 Å². The number of nitrogens with two attached hydrogens (primary N) is 1. The molecular weight excluding hydrogens is 262 g/mol. The zero-order valence-corrected chi connectivity index (χ0v) is 10.9. The zero-order chi connectivity index (χ0) is 14.8. The first-order valence-electron chi connectivity index (χ1n) is 6.03. The first kappa shape index (κ1) is 14.1. The molecule has 1 unspecified atom stereocenters. The highest BCUT2D eigenvalue weighted by atomic mass is 19.1. The quantitative estimate of drug-likeness (QED) is 0.905. The van der Waals surface area contributed by atoms with E-state index in [0.29, 0.717) is 5.56 Å². The maximum absolute atomic E-state index is 13.5. The summed E-state index contributed by atoms with van der Waals surface area (Å²) in [5.41, 5.74) is 4.63. The zero-order valence-electron chi connectivity index (χ0n) is 10.9. The Morgan fingerprint density at radius 1 is 1.05 bits per heavy atom. The van der Waals surface area contributed by atoms with E-state index in [0.717, 1.165) is 12.1 Å².